The van der Waals surface area contributed by atoms with Gasteiger partial charge < -0.3 is 9.64 Å². The molecule has 4 heterocycles. The van der Waals surface area contributed by atoms with Crippen LogP contribution in [-0.4, -0.2) is 66.1 Å². The number of rotatable bonds is 5. The van der Waals surface area contributed by atoms with Gasteiger partial charge in [0.1, 0.15) is 17.2 Å². The van der Waals surface area contributed by atoms with E-state index in [-0.39, 0.29) is 0 Å². The molecule has 30 heavy (non-hydrogen) atoms. The van der Waals surface area contributed by atoms with E-state index < -0.39 is 0 Å². The van der Waals surface area contributed by atoms with Gasteiger partial charge in [0.15, 0.2) is 0 Å². The highest BCUT2D eigenvalue weighted by atomic mass is 16.5. The van der Waals surface area contributed by atoms with Gasteiger partial charge in [-0.3, -0.25) is 14.2 Å². The van der Waals surface area contributed by atoms with E-state index in [1.807, 2.05) is 12.1 Å². The molecule has 2 fully saturated rings. The lowest BCUT2D eigenvalue weighted by atomic mass is 10.1. The first-order chi connectivity index (χ1) is 14.7. The van der Waals surface area contributed by atoms with Gasteiger partial charge in [-0.05, 0) is 38.1 Å². The Morgan fingerprint density at radius 2 is 1.83 bits per heavy atom. The average molecular weight is 406 g/mol. The Kier molecular flexibility index (Phi) is 5.35. The van der Waals surface area contributed by atoms with Crippen LogP contribution in [0.1, 0.15) is 30.1 Å². The second-order valence-electron chi connectivity index (χ2n) is 8.52. The largest absolute Gasteiger partial charge is 0.496 e. The van der Waals surface area contributed by atoms with E-state index in [0.29, 0.717) is 6.04 Å². The van der Waals surface area contributed by atoms with E-state index in [4.69, 9.17) is 9.72 Å². The van der Waals surface area contributed by atoms with Gasteiger partial charge in [-0.15, -0.1) is 0 Å². The molecule has 1 unspecified atom stereocenters. The number of likely N-dealkylation sites (N-methyl/N-ethyl adjacent to an activating group) is 1. The molecule has 2 aliphatic heterocycles. The third kappa shape index (κ3) is 3.66. The van der Waals surface area contributed by atoms with Crippen LogP contribution >= 0.6 is 0 Å². The van der Waals surface area contributed by atoms with Crippen molar-refractivity contribution in [3.8, 4) is 5.75 Å². The lowest BCUT2D eigenvalue weighted by molar-refractivity contribution is 0.0880. The summed E-state index contributed by atoms with van der Waals surface area (Å²) in [6, 6.07) is 15.1. The molecule has 2 aromatic heterocycles. The van der Waals surface area contributed by atoms with E-state index in [2.05, 4.69) is 62.7 Å². The molecule has 6 nitrogen and oxygen atoms in total. The second-order valence-corrected chi connectivity index (χ2v) is 8.52. The number of hydrogen-bond acceptors (Lipinski definition) is 5. The van der Waals surface area contributed by atoms with Gasteiger partial charge in [-0.25, -0.2) is 4.98 Å². The van der Waals surface area contributed by atoms with Crippen LogP contribution in [0.15, 0.2) is 48.7 Å². The average Bonchev–Trinajstić information content (AvgIpc) is 3.45. The summed E-state index contributed by atoms with van der Waals surface area (Å²) in [5.74, 6) is 2.24. The summed E-state index contributed by atoms with van der Waals surface area (Å²) in [7, 11) is 3.97. The van der Waals surface area contributed by atoms with Crippen molar-refractivity contribution in [1.82, 2.24) is 19.2 Å². The van der Waals surface area contributed by atoms with E-state index in [0.717, 1.165) is 56.4 Å². The quantitative estimate of drug-likeness (QED) is 0.650. The Hall–Kier alpha value is -2.57. The molecule has 1 aromatic carbocycles. The predicted octanol–water partition coefficient (Wildman–Crippen LogP) is 3.43. The first kappa shape index (κ1) is 19.4. The first-order valence-corrected chi connectivity index (χ1v) is 11.0. The zero-order chi connectivity index (χ0) is 20.5. The minimum atomic E-state index is 0.291. The molecule has 6 heteroatoms. The number of para-hydroxylation sites is 1. The molecule has 0 saturated carbocycles. The number of pyridine rings is 1. The number of methoxy groups -OCH3 is 1. The Labute approximate surface area is 178 Å². The van der Waals surface area contributed by atoms with Gasteiger partial charge >= 0.3 is 0 Å². The van der Waals surface area contributed by atoms with Crippen LogP contribution in [0.4, 0.5) is 5.82 Å². The molecule has 0 aliphatic carbocycles. The minimum absolute atomic E-state index is 0.291. The molecule has 2 saturated heterocycles. The van der Waals surface area contributed by atoms with Crippen molar-refractivity contribution in [1.29, 1.82) is 0 Å². The fraction of sp³-hybridized carbons (Fsp3) is 0.458. The highest BCUT2D eigenvalue weighted by molar-refractivity contribution is 5.53. The van der Waals surface area contributed by atoms with Crippen LogP contribution < -0.4 is 9.64 Å². The molecule has 158 valence electrons. The number of imidazole rings is 1. The maximum atomic E-state index is 5.56. The fourth-order valence-corrected chi connectivity index (χ4v) is 4.85. The molecular weight excluding hydrogens is 374 g/mol. The topological polar surface area (TPSA) is 36.2 Å². The zero-order valence-corrected chi connectivity index (χ0v) is 18.0. The number of aromatic nitrogens is 2. The van der Waals surface area contributed by atoms with Gasteiger partial charge in [0, 0.05) is 51.0 Å². The number of nitrogens with zero attached hydrogens (tertiary/aromatic N) is 5. The van der Waals surface area contributed by atoms with Crippen molar-refractivity contribution in [2.75, 3.05) is 51.8 Å². The van der Waals surface area contributed by atoms with Gasteiger partial charge in [0.25, 0.3) is 0 Å². The lowest BCUT2D eigenvalue weighted by Gasteiger charge is -2.38. The summed E-state index contributed by atoms with van der Waals surface area (Å²) >= 11 is 0. The Bertz CT molecular complexity index is 1010. The molecule has 5 rings (SSSR count). The number of hydrogen-bond donors (Lipinski definition) is 0. The molecule has 0 amide bonds. The molecule has 2 aliphatic rings. The van der Waals surface area contributed by atoms with Crippen LogP contribution in [0.3, 0.4) is 0 Å². The van der Waals surface area contributed by atoms with E-state index in [9.17, 15) is 0 Å². The van der Waals surface area contributed by atoms with Crippen molar-refractivity contribution >= 4 is 11.5 Å². The van der Waals surface area contributed by atoms with Gasteiger partial charge in [0.2, 0.25) is 0 Å². The highest BCUT2D eigenvalue weighted by Crippen LogP contribution is 2.29. The van der Waals surface area contributed by atoms with Crippen molar-refractivity contribution in [2.24, 2.45) is 0 Å². The summed E-state index contributed by atoms with van der Waals surface area (Å²) in [6.45, 7) is 6.24. The van der Waals surface area contributed by atoms with Crippen molar-refractivity contribution in [2.45, 2.75) is 25.4 Å². The first-order valence-electron chi connectivity index (χ1n) is 11.0. The summed E-state index contributed by atoms with van der Waals surface area (Å²) in [4.78, 5) is 12.5. The summed E-state index contributed by atoms with van der Waals surface area (Å²) in [5.41, 5.74) is 3.45. The smallest absolute Gasteiger partial charge is 0.138 e. The van der Waals surface area contributed by atoms with Gasteiger partial charge in [-0.2, -0.15) is 0 Å². The Morgan fingerprint density at radius 3 is 2.67 bits per heavy atom. The van der Waals surface area contributed by atoms with Crippen LogP contribution in [0.5, 0.6) is 5.75 Å². The number of fused-ring (bicyclic) bond motifs is 1. The normalized spacial score (nSPS) is 20.9. The Balaban J connectivity index is 1.40. The zero-order valence-electron chi connectivity index (χ0n) is 18.0. The predicted molar refractivity (Wildman–Crippen MR) is 120 cm³/mol. The molecule has 0 N–H and O–H groups in total. The summed E-state index contributed by atoms with van der Waals surface area (Å²) in [5, 5.41) is 0. The van der Waals surface area contributed by atoms with Gasteiger partial charge in [-0.1, -0.05) is 24.3 Å². The number of anilines is 1. The van der Waals surface area contributed by atoms with E-state index in [1.54, 1.807) is 7.11 Å². The summed E-state index contributed by atoms with van der Waals surface area (Å²) < 4.78 is 7.85. The fourth-order valence-electron chi connectivity index (χ4n) is 4.85. The maximum Gasteiger partial charge on any atom is 0.138 e. The van der Waals surface area contributed by atoms with Crippen molar-refractivity contribution in [3.05, 3.63) is 59.9 Å². The van der Waals surface area contributed by atoms with Crippen molar-refractivity contribution < 1.29 is 4.74 Å². The van der Waals surface area contributed by atoms with E-state index in [1.165, 1.54) is 24.2 Å². The molecule has 0 bridgehead atoms. The number of benzene rings is 1. The van der Waals surface area contributed by atoms with Crippen molar-refractivity contribution in [3.63, 3.8) is 0 Å². The highest BCUT2D eigenvalue weighted by Gasteiger charge is 2.28. The lowest BCUT2D eigenvalue weighted by Crippen LogP contribution is -2.46. The SMILES string of the molecule is COc1ccccc1CN1CCN(C)C(c2cn3c(N4CCCC4)cccc3n2)C1. The van der Waals surface area contributed by atoms with Crippen LogP contribution in [0, 0.1) is 0 Å². The molecule has 1 atom stereocenters. The van der Waals surface area contributed by atoms with Crippen LogP contribution in [0.2, 0.25) is 0 Å². The monoisotopic (exact) mass is 405 g/mol. The third-order valence-electron chi connectivity index (χ3n) is 6.58. The van der Waals surface area contributed by atoms with E-state index >= 15 is 0 Å². The number of ether oxygens (including phenoxy) is 1. The Morgan fingerprint density at radius 1 is 1.00 bits per heavy atom. The van der Waals surface area contributed by atoms with Crippen LogP contribution in [0.25, 0.3) is 5.65 Å². The minimum Gasteiger partial charge on any atom is -0.496 e. The standard InChI is InChI=1S/C24H31N5O/c1-26-14-15-27(16-19-8-3-4-9-22(19)30-2)18-21(26)20-17-29-23(25-20)10-7-11-24(29)28-12-5-6-13-28/h3-4,7-11,17,21H,5-6,12-16,18H2,1-2H3. The third-order valence-corrected chi connectivity index (χ3v) is 6.58. The molecule has 3 aromatic rings. The number of piperazine rings is 1. The molecule has 0 radical (unpaired) electrons. The van der Waals surface area contributed by atoms with Gasteiger partial charge in [0.05, 0.1) is 18.8 Å². The molecule has 0 spiro atoms. The second kappa shape index (κ2) is 8.28. The maximum absolute atomic E-state index is 5.56. The molecular formula is C24H31N5O. The summed E-state index contributed by atoms with van der Waals surface area (Å²) in [6.07, 6.45) is 4.82. The van der Waals surface area contributed by atoms with Crippen LogP contribution in [-0.2, 0) is 6.54 Å².